The van der Waals surface area contributed by atoms with Gasteiger partial charge >= 0.3 is 0 Å². The predicted molar refractivity (Wildman–Crippen MR) is 68.4 cm³/mol. The van der Waals surface area contributed by atoms with Crippen molar-refractivity contribution in [2.24, 2.45) is 0 Å². The van der Waals surface area contributed by atoms with Gasteiger partial charge in [0, 0.05) is 16.9 Å². The van der Waals surface area contributed by atoms with Crippen LogP contribution in [0.4, 0.5) is 5.69 Å². The number of carbonyl (C=O) groups is 1. The van der Waals surface area contributed by atoms with Gasteiger partial charge in [-0.1, -0.05) is 0 Å². The monoisotopic (exact) mass is 343 g/mol. The molecule has 82 valence electrons. The maximum Gasteiger partial charge on any atom is 0.272 e. The number of nitrogens with one attached hydrogen (secondary N) is 2. The summed E-state index contributed by atoms with van der Waals surface area (Å²) >= 11 is 6.52. The number of anilines is 1. The Hall–Kier alpha value is -1.14. The molecule has 4 nitrogen and oxygen atoms in total. The van der Waals surface area contributed by atoms with Gasteiger partial charge in [0.15, 0.2) is 0 Å². The third kappa shape index (κ3) is 2.51. The normalized spacial score (nSPS) is 10.1. The molecule has 0 atom stereocenters. The van der Waals surface area contributed by atoms with E-state index < -0.39 is 0 Å². The molecule has 2 rings (SSSR count). The van der Waals surface area contributed by atoms with E-state index in [1.165, 1.54) is 0 Å². The summed E-state index contributed by atoms with van der Waals surface area (Å²) < 4.78 is 1.44. The molecule has 6 heteroatoms. The molecule has 0 bridgehead atoms. The summed E-state index contributed by atoms with van der Waals surface area (Å²) in [5.41, 5.74) is 1.13. The molecule has 0 unspecified atom stereocenters. The molecular formula is C10H7Br2N3O. The van der Waals surface area contributed by atoms with Crippen molar-refractivity contribution in [2.45, 2.75) is 0 Å². The highest BCUT2D eigenvalue weighted by molar-refractivity contribution is 9.10. The number of halogens is 2. The highest BCUT2D eigenvalue weighted by Crippen LogP contribution is 2.19. The number of aromatic nitrogens is 2. The maximum atomic E-state index is 11.8. The number of carbonyl (C=O) groups excluding carboxylic acids is 1. The van der Waals surface area contributed by atoms with Crippen LogP contribution in [-0.4, -0.2) is 15.9 Å². The summed E-state index contributed by atoms with van der Waals surface area (Å²) in [6, 6.07) is 5.23. The second-order valence-electron chi connectivity index (χ2n) is 3.03. The summed E-state index contributed by atoms with van der Waals surface area (Å²) in [6.45, 7) is 0. The number of hydrogen-bond acceptors (Lipinski definition) is 2. The quantitative estimate of drug-likeness (QED) is 0.822. The molecule has 16 heavy (non-hydrogen) atoms. The first kappa shape index (κ1) is 11.3. The average molecular weight is 345 g/mol. The minimum absolute atomic E-state index is 0.209. The van der Waals surface area contributed by atoms with Gasteiger partial charge in [-0.25, -0.2) is 4.98 Å². The van der Waals surface area contributed by atoms with Crippen LogP contribution >= 0.6 is 31.9 Å². The lowest BCUT2D eigenvalue weighted by Crippen LogP contribution is -2.12. The molecule has 0 aliphatic heterocycles. The summed E-state index contributed by atoms with van der Waals surface area (Å²) in [5, 5.41) is 2.74. The van der Waals surface area contributed by atoms with Crippen molar-refractivity contribution in [3.05, 3.63) is 45.4 Å². The van der Waals surface area contributed by atoms with E-state index in [2.05, 4.69) is 47.1 Å². The smallest absolute Gasteiger partial charge is 0.272 e. The second-order valence-corrected chi connectivity index (χ2v) is 4.69. The number of hydrogen-bond donors (Lipinski definition) is 2. The van der Waals surface area contributed by atoms with E-state index in [1.807, 2.05) is 0 Å². The second kappa shape index (κ2) is 4.80. The molecule has 0 radical (unpaired) electrons. The first-order valence-electron chi connectivity index (χ1n) is 4.42. The van der Waals surface area contributed by atoms with Gasteiger partial charge in [-0.3, -0.25) is 4.79 Å². The van der Waals surface area contributed by atoms with Crippen LogP contribution in [0.3, 0.4) is 0 Å². The van der Waals surface area contributed by atoms with E-state index in [0.29, 0.717) is 16.0 Å². The number of H-pyrrole nitrogens is 1. The molecule has 1 amide bonds. The first-order chi connectivity index (χ1) is 7.66. The van der Waals surface area contributed by atoms with E-state index >= 15 is 0 Å². The highest BCUT2D eigenvalue weighted by atomic mass is 79.9. The summed E-state index contributed by atoms with van der Waals surface area (Å²) in [6.07, 6.45) is 3.35. The molecular weight excluding hydrogens is 338 g/mol. The number of rotatable bonds is 2. The van der Waals surface area contributed by atoms with Crippen LogP contribution in [-0.2, 0) is 0 Å². The SMILES string of the molecule is O=C(Nc1cccnc1Br)c1cc(Br)c[nH]1. The van der Waals surface area contributed by atoms with Gasteiger partial charge in [0.05, 0.1) is 5.69 Å². The summed E-state index contributed by atoms with van der Waals surface area (Å²) in [4.78, 5) is 18.6. The maximum absolute atomic E-state index is 11.8. The lowest BCUT2D eigenvalue weighted by molar-refractivity contribution is 0.102. The number of aromatic amines is 1. The van der Waals surface area contributed by atoms with Crippen molar-refractivity contribution in [1.82, 2.24) is 9.97 Å². The molecule has 0 fully saturated rings. The van der Waals surface area contributed by atoms with Crippen molar-refractivity contribution in [1.29, 1.82) is 0 Å². The van der Waals surface area contributed by atoms with E-state index in [-0.39, 0.29) is 5.91 Å². The van der Waals surface area contributed by atoms with E-state index in [9.17, 15) is 4.79 Å². The van der Waals surface area contributed by atoms with Crippen molar-refractivity contribution in [3.8, 4) is 0 Å². The Kier molecular flexibility index (Phi) is 3.40. The zero-order valence-electron chi connectivity index (χ0n) is 8.00. The molecule has 0 aliphatic carbocycles. The van der Waals surface area contributed by atoms with Gasteiger partial charge < -0.3 is 10.3 Å². The largest absolute Gasteiger partial charge is 0.356 e. The third-order valence-electron chi connectivity index (χ3n) is 1.90. The van der Waals surface area contributed by atoms with Gasteiger partial charge in [-0.05, 0) is 50.1 Å². The van der Waals surface area contributed by atoms with Crippen LogP contribution in [0.15, 0.2) is 39.7 Å². The Labute approximate surface area is 109 Å². The minimum Gasteiger partial charge on any atom is -0.356 e. The fraction of sp³-hybridized carbons (Fsp3) is 0. The Bertz CT molecular complexity index is 524. The van der Waals surface area contributed by atoms with Crippen molar-refractivity contribution in [3.63, 3.8) is 0 Å². The molecule has 2 heterocycles. The zero-order chi connectivity index (χ0) is 11.5. The van der Waals surface area contributed by atoms with Gasteiger partial charge in [0.2, 0.25) is 0 Å². The van der Waals surface area contributed by atoms with Gasteiger partial charge in [-0.15, -0.1) is 0 Å². The molecule has 0 saturated heterocycles. The summed E-state index contributed by atoms with van der Waals surface area (Å²) in [7, 11) is 0. The van der Waals surface area contributed by atoms with E-state index in [1.54, 1.807) is 30.6 Å². The number of amides is 1. The Morgan fingerprint density at radius 2 is 2.25 bits per heavy atom. The molecule has 2 N–H and O–H groups in total. The fourth-order valence-electron chi connectivity index (χ4n) is 1.17. The Morgan fingerprint density at radius 3 is 2.88 bits per heavy atom. The van der Waals surface area contributed by atoms with Gasteiger partial charge in [-0.2, -0.15) is 0 Å². The third-order valence-corrected chi connectivity index (χ3v) is 2.99. The number of nitrogens with zero attached hydrogens (tertiary/aromatic N) is 1. The van der Waals surface area contributed by atoms with E-state index in [4.69, 9.17) is 0 Å². The fourth-order valence-corrected chi connectivity index (χ4v) is 1.86. The lowest BCUT2D eigenvalue weighted by atomic mass is 10.3. The molecule has 0 saturated carbocycles. The lowest BCUT2D eigenvalue weighted by Gasteiger charge is -2.04. The molecule has 0 spiro atoms. The Morgan fingerprint density at radius 1 is 1.44 bits per heavy atom. The topological polar surface area (TPSA) is 57.8 Å². The Balaban J connectivity index is 2.17. The summed E-state index contributed by atoms with van der Waals surface area (Å²) in [5.74, 6) is -0.209. The van der Waals surface area contributed by atoms with Crippen LogP contribution in [0.5, 0.6) is 0 Å². The molecule has 0 aliphatic rings. The van der Waals surface area contributed by atoms with Crippen LogP contribution < -0.4 is 5.32 Å². The molecule has 2 aromatic heterocycles. The van der Waals surface area contributed by atoms with Crippen molar-refractivity contribution in [2.75, 3.05) is 5.32 Å². The van der Waals surface area contributed by atoms with Crippen LogP contribution in [0.1, 0.15) is 10.5 Å². The highest BCUT2D eigenvalue weighted by Gasteiger charge is 2.09. The van der Waals surface area contributed by atoms with Crippen molar-refractivity contribution < 1.29 is 4.79 Å². The van der Waals surface area contributed by atoms with Crippen molar-refractivity contribution >= 4 is 43.5 Å². The van der Waals surface area contributed by atoms with Gasteiger partial charge in [0.1, 0.15) is 10.3 Å². The van der Waals surface area contributed by atoms with Crippen LogP contribution in [0.25, 0.3) is 0 Å². The minimum atomic E-state index is -0.209. The number of pyridine rings is 1. The molecule has 0 aromatic carbocycles. The predicted octanol–water partition coefficient (Wildman–Crippen LogP) is 3.19. The van der Waals surface area contributed by atoms with E-state index in [0.717, 1.165) is 4.47 Å². The van der Waals surface area contributed by atoms with Gasteiger partial charge in [0.25, 0.3) is 5.91 Å². The zero-order valence-corrected chi connectivity index (χ0v) is 11.2. The average Bonchev–Trinajstić information content (AvgIpc) is 2.68. The first-order valence-corrected chi connectivity index (χ1v) is 6.01. The standard InChI is InChI=1S/C10H7Br2N3O/c11-6-4-8(14-5-6)10(16)15-7-2-1-3-13-9(7)12/h1-5,14H,(H,15,16). The van der Waals surface area contributed by atoms with Crippen LogP contribution in [0.2, 0.25) is 0 Å². The molecule has 2 aromatic rings. The van der Waals surface area contributed by atoms with Crippen LogP contribution in [0, 0.1) is 0 Å².